The number of benzene rings is 1. The fourth-order valence-electron chi connectivity index (χ4n) is 2.94. The van der Waals surface area contributed by atoms with Crippen LogP contribution in [0.5, 0.6) is 0 Å². The lowest BCUT2D eigenvalue weighted by molar-refractivity contribution is -0.136. The predicted octanol–water partition coefficient (Wildman–Crippen LogP) is 1.88. The Hall–Kier alpha value is -2.34. The average Bonchev–Trinajstić information content (AvgIpc) is 3.13. The van der Waals surface area contributed by atoms with Crippen molar-refractivity contribution in [1.29, 1.82) is 0 Å². The molecule has 1 atom stereocenters. The third-order valence-corrected chi connectivity index (χ3v) is 4.60. The monoisotopic (exact) mass is 346 g/mol. The van der Waals surface area contributed by atoms with Gasteiger partial charge in [0.2, 0.25) is 11.8 Å². The number of rotatable bonds is 4. The van der Waals surface area contributed by atoms with E-state index in [1.807, 2.05) is 18.2 Å². The molecule has 1 aliphatic rings. The van der Waals surface area contributed by atoms with Crippen molar-refractivity contribution in [2.24, 2.45) is 7.05 Å². The second kappa shape index (κ2) is 6.65. The molecule has 6 nitrogen and oxygen atoms in total. The van der Waals surface area contributed by atoms with Crippen molar-refractivity contribution in [3.8, 4) is 0 Å². The molecule has 24 heavy (non-hydrogen) atoms. The maximum absolute atomic E-state index is 12.7. The van der Waals surface area contributed by atoms with Gasteiger partial charge in [0.15, 0.2) is 0 Å². The van der Waals surface area contributed by atoms with Crippen LogP contribution in [0.25, 0.3) is 0 Å². The molecular formula is C17H19ClN4O2. The summed E-state index contributed by atoms with van der Waals surface area (Å²) >= 11 is 6.18. The van der Waals surface area contributed by atoms with E-state index in [1.165, 1.54) is 4.90 Å². The minimum Gasteiger partial charge on any atom is -0.333 e. The maximum atomic E-state index is 12.7. The molecule has 1 saturated heterocycles. The Kier molecular flexibility index (Phi) is 4.57. The quantitative estimate of drug-likeness (QED) is 0.849. The van der Waals surface area contributed by atoms with E-state index in [1.54, 1.807) is 42.0 Å². The summed E-state index contributed by atoms with van der Waals surface area (Å²) < 4.78 is 1.66. The first-order chi connectivity index (χ1) is 11.5. The molecule has 0 aliphatic carbocycles. The number of hydrogen-bond donors (Lipinski definition) is 0. The number of hydrogen-bond acceptors (Lipinski definition) is 3. The van der Waals surface area contributed by atoms with Crippen LogP contribution in [0.2, 0.25) is 5.02 Å². The first kappa shape index (κ1) is 16.5. The molecule has 0 spiro atoms. The molecule has 1 fully saturated rings. The lowest BCUT2D eigenvalue weighted by Crippen LogP contribution is -2.43. The molecule has 2 heterocycles. The van der Waals surface area contributed by atoms with E-state index in [0.29, 0.717) is 29.4 Å². The number of carbonyl (C=O) groups excluding carboxylic acids is 2. The van der Waals surface area contributed by atoms with Gasteiger partial charge in [-0.1, -0.05) is 23.7 Å². The molecule has 1 aromatic carbocycles. The smallest absolute Gasteiger partial charge is 0.249 e. The van der Waals surface area contributed by atoms with Crippen LogP contribution in [-0.4, -0.2) is 46.1 Å². The van der Waals surface area contributed by atoms with E-state index >= 15 is 0 Å². The Morgan fingerprint density at radius 1 is 1.38 bits per heavy atom. The molecule has 126 valence electrons. The Morgan fingerprint density at radius 3 is 2.79 bits per heavy atom. The summed E-state index contributed by atoms with van der Waals surface area (Å²) in [4.78, 5) is 28.3. The van der Waals surface area contributed by atoms with E-state index in [9.17, 15) is 9.59 Å². The lowest BCUT2D eigenvalue weighted by atomic mass is 10.2. The lowest BCUT2D eigenvalue weighted by Gasteiger charge is -2.24. The summed E-state index contributed by atoms with van der Waals surface area (Å²) in [6.45, 7) is 0.550. The molecule has 3 rings (SSSR count). The van der Waals surface area contributed by atoms with Crippen LogP contribution in [-0.2, 0) is 23.1 Å². The number of likely N-dealkylation sites (N-methyl/N-ethyl adjacent to an activating group) is 1. The van der Waals surface area contributed by atoms with Crippen molar-refractivity contribution in [3.05, 3.63) is 47.2 Å². The zero-order valence-electron chi connectivity index (χ0n) is 13.6. The van der Waals surface area contributed by atoms with Crippen LogP contribution in [0.3, 0.4) is 0 Å². The molecule has 0 unspecified atom stereocenters. The SMILES string of the molecule is CN(C(=O)Cc1ccn(C)n1)[C@H]1CCN(c2ccccc2Cl)C1=O. The van der Waals surface area contributed by atoms with Gasteiger partial charge in [0.25, 0.3) is 0 Å². The summed E-state index contributed by atoms with van der Waals surface area (Å²) in [7, 11) is 3.48. The fourth-order valence-corrected chi connectivity index (χ4v) is 3.18. The van der Waals surface area contributed by atoms with Crippen LogP contribution in [0.4, 0.5) is 5.69 Å². The highest BCUT2D eigenvalue weighted by Crippen LogP contribution is 2.30. The van der Waals surface area contributed by atoms with Crippen molar-refractivity contribution < 1.29 is 9.59 Å². The van der Waals surface area contributed by atoms with E-state index in [4.69, 9.17) is 11.6 Å². The summed E-state index contributed by atoms with van der Waals surface area (Å²) in [5.74, 6) is -0.215. The number of carbonyl (C=O) groups is 2. The Morgan fingerprint density at radius 2 is 2.12 bits per heavy atom. The number of aromatic nitrogens is 2. The number of para-hydroxylation sites is 1. The standard InChI is InChI=1S/C17H19ClN4O2/c1-20-9-7-12(19-20)11-16(23)21(2)15-8-10-22(17(15)24)14-6-4-3-5-13(14)18/h3-7,9,15H,8,10-11H2,1-2H3/t15-/m0/s1. The summed E-state index contributed by atoms with van der Waals surface area (Å²) in [5, 5.41) is 4.75. The third-order valence-electron chi connectivity index (χ3n) is 4.28. The molecule has 1 aliphatic heterocycles. The highest BCUT2D eigenvalue weighted by molar-refractivity contribution is 6.34. The van der Waals surface area contributed by atoms with E-state index in [-0.39, 0.29) is 18.2 Å². The number of nitrogens with zero attached hydrogens (tertiary/aromatic N) is 4. The van der Waals surface area contributed by atoms with Gasteiger partial charge in [0, 0.05) is 26.8 Å². The van der Waals surface area contributed by atoms with Gasteiger partial charge in [-0.25, -0.2) is 0 Å². The van der Waals surface area contributed by atoms with Crippen molar-refractivity contribution in [1.82, 2.24) is 14.7 Å². The molecule has 2 aromatic rings. The highest BCUT2D eigenvalue weighted by atomic mass is 35.5. The molecule has 0 radical (unpaired) electrons. The Labute approximate surface area is 145 Å². The van der Waals surface area contributed by atoms with Gasteiger partial charge < -0.3 is 9.80 Å². The van der Waals surface area contributed by atoms with Crippen LogP contribution in [0.1, 0.15) is 12.1 Å². The minimum absolute atomic E-state index is 0.0972. The average molecular weight is 347 g/mol. The highest BCUT2D eigenvalue weighted by Gasteiger charge is 2.37. The molecular weight excluding hydrogens is 328 g/mol. The number of aryl methyl sites for hydroxylation is 1. The molecule has 0 saturated carbocycles. The topological polar surface area (TPSA) is 58.4 Å². The Bertz CT molecular complexity index is 773. The van der Waals surface area contributed by atoms with Crippen LogP contribution in [0.15, 0.2) is 36.5 Å². The van der Waals surface area contributed by atoms with Gasteiger partial charge in [-0.05, 0) is 24.6 Å². The minimum atomic E-state index is -0.461. The zero-order valence-corrected chi connectivity index (χ0v) is 14.4. The number of halogens is 1. The van der Waals surface area contributed by atoms with E-state index in [2.05, 4.69) is 5.10 Å². The van der Waals surface area contributed by atoms with Crippen LogP contribution >= 0.6 is 11.6 Å². The molecule has 0 N–H and O–H groups in total. The largest absolute Gasteiger partial charge is 0.333 e. The Balaban J connectivity index is 1.70. The fraction of sp³-hybridized carbons (Fsp3) is 0.353. The zero-order chi connectivity index (χ0) is 17.3. The normalized spacial score (nSPS) is 17.4. The van der Waals surface area contributed by atoms with Crippen molar-refractivity contribution >= 4 is 29.1 Å². The van der Waals surface area contributed by atoms with E-state index in [0.717, 1.165) is 0 Å². The van der Waals surface area contributed by atoms with Crippen LogP contribution in [0, 0.1) is 0 Å². The third kappa shape index (κ3) is 3.14. The summed E-state index contributed by atoms with van der Waals surface area (Å²) in [6, 6.07) is 8.59. The molecule has 0 bridgehead atoms. The van der Waals surface area contributed by atoms with Gasteiger partial charge in [-0.3, -0.25) is 14.3 Å². The van der Waals surface area contributed by atoms with Gasteiger partial charge in [0.1, 0.15) is 6.04 Å². The van der Waals surface area contributed by atoms with Crippen molar-refractivity contribution in [2.45, 2.75) is 18.9 Å². The predicted molar refractivity (Wildman–Crippen MR) is 91.9 cm³/mol. The summed E-state index contributed by atoms with van der Waals surface area (Å²) in [5.41, 5.74) is 1.39. The second-order valence-corrected chi connectivity index (χ2v) is 6.32. The van der Waals surface area contributed by atoms with Gasteiger partial charge >= 0.3 is 0 Å². The summed E-state index contributed by atoms with van der Waals surface area (Å²) in [6.07, 6.45) is 2.57. The van der Waals surface area contributed by atoms with Gasteiger partial charge in [-0.15, -0.1) is 0 Å². The van der Waals surface area contributed by atoms with Gasteiger partial charge in [0.05, 0.1) is 22.8 Å². The number of anilines is 1. The maximum Gasteiger partial charge on any atom is 0.249 e. The molecule has 2 amide bonds. The van der Waals surface area contributed by atoms with Gasteiger partial charge in [-0.2, -0.15) is 5.10 Å². The van der Waals surface area contributed by atoms with E-state index < -0.39 is 6.04 Å². The van der Waals surface area contributed by atoms with Crippen molar-refractivity contribution in [3.63, 3.8) is 0 Å². The molecule has 1 aromatic heterocycles. The first-order valence-corrected chi connectivity index (χ1v) is 8.15. The first-order valence-electron chi connectivity index (χ1n) is 7.77. The number of amides is 2. The van der Waals surface area contributed by atoms with Crippen molar-refractivity contribution in [2.75, 3.05) is 18.5 Å². The molecule has 7 heteroatoms. The second-order valence-electron chi connectivity index (χ2n) is 5.91. The van der Waals surface area contributed by atoms with Crippen LogP contribution < -0.4 is 4.90 Å².